The Kier molecular flexibility index (Phi) is 6.70. The molecular weight excluding hydrogens is 367 g/mol. The number of carbonyl (C=O) groups is 1. The number of hydrogen-bond acceptors (Lipinski definition) is 4. The van der Waals surface area contributed by atoms with E-state index in [1.54, 1.807) is 34.5 Å². The molecule has 0 aliphatic carbocycles. The molecule has 1 N–H and O–H groups in total. The SMILES string of the molecule is O=C(CCCn1c(=O)oc2ccccc21)NCCSCc1ccccc1F. The Balaban J connectivity index is 1.35. The molecule has 0 spiro atoms. The lowest BCUT2D eigenvalue weighted by atomic mass is 10.2. The Bertz CT molecular complexity index is 967. The summed E-state index contributed by atoms with van der Waals surface area (Å²) in [6, 6.07) is 13.9. The summed E-state index contributed by atoms with van der Waals surface area (Å²) >= 11 is 1.58. The first-order valence-corrected chi connectivity index (χ1v) is 9.97. The van der Waals surface area contributed by atoms with Crippen LogP contribution < -0.4 is 11.1 Å². The molecule has 3 rings (SSSR count). The third-order valence-corrected chi connectivity index (χ3v) is 5.15. The lowest BCUT2D eigenvalue weighted by molar-refractivity contribution is -0.121. The van der Waals surface area contributed by atoms with E-state index in [9.17, 15) is 14.0 Å². The van der Waals surface area contributed by atoms with E-state index in [1.165, 1.54) is 6.07 Å². The van der Waals surface area contributed by atoms with E-state index in [1.807, 2.05) is 24.3 Å². The van der Waals surface area contributed by atoms with Gasteiger partial charge in [0.05, 0.1) is 5.52 Å². The molecule has 1 aromatic heterocycles. The fraction of sp³-hybridized carbons (Fsp3) is 0.300. The highest BCUT2D eigenvalue weighted by atomic mass is 32.2. The van der Waals surface area contributed by atoms with Crippen LogP contribution in [0.15, 0.2) is 57.7 Å². The summed E-state index contributed by atoms with van der Waals surface area (Å²) in [4.78, 5) is 23.8. The lowest BCUT2D eigenvalue weighted by Crippen LogP contribution is -2.26. The predicted molar refractivity (Wildman–Crippen MR) is 105 cm³/mol. The van der Waals surface area contributed by atoms with Crippen molar-refractivity contribution in [2.45, 2.75) is 25.1 Å². The average molecular weight is 388 g/mol. The molecule has 0 atom stereocenters. The topological polar surface area (TPSA) is 64.2 Å². The zero-order chi connectivity index (χ0) is 19.1. The summed E-state index contributed by atoms with van der Waals surface area (Å²) in [6.45, 7) is 0.970. The number of nitrogens with zero attached hydrogens (tertiary/aromatic N) is 1. The van der Waals surface area contributed by atoms with Crippen LogP contribution in [-0.2, 0) is 17.1 Å². The van der Waals surface area contributed by atoms with Crippen molar-refractivity contribution in [1.29, 1.82) is 0 Å². The van der Waals surface area contributed by atoms with Crippen LogP contribution in [0.1, 0.15) is 18.4 Å². The van der Waals surface area contributed by atoms with Crippen molar-refractivity contribution >= 4 is 28.8 Å². The molecule has 0 aliphatic heterocycles. The molecular formula is C20H21FN2O3S. The van der Waals surface area contributed by atoms with E-state index in [0.717, 1.165) is 5.52 Å². The van der Waals surface area contributed by atoms with Gasteiger partial charge in [0.1, 0.15) is 5.82 Å². The van der Waals surface area contributed by atoms with E-state index in [4.69, 9.17) is 4.42 Å². The van der Waals surface area contributed by atoms with Crippen molar-refractivity contribution in [2.75, 3.05) is 12.3 Å². The summed E-state index contributed by atoms with van der Waals surface area (Å²) in [5.41, 5.74) is 1.97. The third kappa shape index (κ3) is 5.23. The van der Waals surface area contributed by atoms with Crippen LogP contribution in [0, 0.1) is 5.82 Å². The van der Waals surface area contributed by atoms with Crippen molar-refractivity contribution < 1.29 is 13.6 Å². The van der Waals surface area contributed by atoms with Crippen LogP contribution in [0.4, 0.5) is 4.39 Å². The molecule has 0 aliphatic rings. The first kappa shape index (κ1) is 19.2. The molecule has 1 amide bonds. The Morgan fingerprint density at radius 2 is 1.93 bits per heavy atom. The number of fused-ring (bicyclic) bond motifs is 1. The minimum absolute atomic E-state index is 0.0534. The van der Waals surface area contributed by atoms with Gasteiger partial charge in [0, 0.05) is 31.0 Å². The number of halogens is 1. The van der Waals surface area contributed by atoms with Crippen molar-refractivity contribution in [1.82, 2.24) is 9.88 Å². The number of oxazole rings is 1. The van der Waals surface area contributed by atoms with E-state index in [-0.39, 0.29) is 11.7 Å². The maximum atomic E-state index is 13.5. The van der Waals surface area contributed by atoms with Crippen LogP contribution in [0.5, 0.6) is 0 Å². The Morgan fingerprint density at radius 1 is 1.15 bits per heavy atom. The molecule has 2 aromatic carbocycles. The van der Waals surface area contributed by atoms with Crippen molar-refractivity contribution in [3.05, 3.63) is 70.5 Å². The summed E-state index contributed by atoms with van der Waals surface area (Å²) < 4.78 is 20.2. The van der Waals surface area contributed by atoms with E-state index in [2.05, 4.69) is 5.32 Å². The van der Waals surface area contributed by atoms with Gasteiger partial charge in [-0.05, 0) is 30.2 Å². The van der Waals surface area contributed by atoms with Gasteiger partial charge in [0.15, 0.2) is 5.58 Å². The summed E-state index contributed by atoms with van der Waals surface area (Å²) in [7, 11) is 0. The normalized spacial score (nSPS) is 11.0. The van der Waals surface area contributed by atoms with Crippen molar-refractivity contribution in [3.8, 4) is 0 Å². The van der Waals surface area contributed by atoms with Gasteiger partial charge in [-0.2, -0.15) is 11.8 Å². The fourth-order valence-corrected chi connectivity index (χ4v) is 3.62. The first-order chi connectivity index (χ1) is 13.1. The quantitative estimate of drug-likeness (QED) is 0.569. The molecule has 5 nitrogen and oxygen atoms in total. The molecule has 0 fully saturated rings. The van der Waals surface area contributed by atoms with Crippen LogP contribution in [0.3, 0.4) is 0 Å². The minimum atomic E-state index is -0.402. The number of carbonyl (C=O) groups excluding carboxylic acids is 1. The molecule has 0 unspecified atom stereocenters. The monoisotopic (exact) mass is 388 g/mol. The van der Waals surface area contributed by atoms with Gasteiger partial charge >= 0.3 is 5.76 Å². The van der Waals surface area contributed by atoms with E-state index in [0.29, 0.717) is 48.6 Å². The highest BCUT2D eigenvalue weighted by Gasteiger charge is 2.09. The maximum absolute atomic E-state index is 13.5. The number of thioether (sulfide) groups is 1. The summed E-state index contributed by atoms with van der Waals surface area (Å²) in [5, 5.41) is 2.85. The number of nitrogens with one attached hydrogen (secondary N) is 1. The van der Waals surface area contributed by atoms with E-state index >= 15 is 0 Å². The second-order valence-corrected chi connectivity index (χ2v) is 7.19. The predicted octanol–water partition coefficient (Wildman–Crippen LogP) is 3.56. The molecule has 3 aromatic rings. The van der Waals surface area contributed by atoms with Gasteiger partial charge in [-0.25, -0.2) is 9.18 Å². The minimum Gasteiger partial charge on any atom is -0.408 e. The van der Waals surface area contributed by atoms with E-state index < -0.39 is 5.76 Å². The number of aryl methyl sites for hydroxylation is 1. The number of aromatic nitrogens is 1. The van der Waals surface area contributed by atoms with Gasteiger partial charge in [-0.15, -0.1) is 0 Å². The van der Waals surface area contributed by atoms with Gasteiger partial charge in [0.25, 0.3) is 0 Å². The Hall–Kier alpha value is -2.54. The molecule has 0 saturated heterocycles. The van der Waals surface area contributed by atoms with Crippen LogP contribution in [0.2, 0.25) is 0 Å². The highest BCUT2D eigenvalue weighted by Crippen LogP contribution is 2.15. The van der Waals surface area contributed by atoms with Gasteiger partial charge in [-0.3, -0.25) is 9.36 Å². The second kappa shape index (κ2) is 9.41. The molecule has 27 heavy (non-hydrogen) atoms. The molecule has 0 radical (unpaired) electrons. The third-order valence-electron chi connectivity index (χ3n) is 4.14. The molecule has 1 heterocycles. The lowest BCUT2D eigenvalue weighted by Gasteiger charge is -2.06. The maximum Gasteiger partial charge on any atom is 0.419 e. The Morgan fingerprint density at radius 3 is 2.78 bits per heavy atom. The zero-order valence-corrected chi connectivity index (χ0v) is 15.6. The second-order valence-electron chi connectivity index (χ2n) is 6.08. The van der Waals surface area contributed by atoms with Gasteiger partial charge in [-0.1, -0.05) is 30.3 Å². The van der Waals surface area contributed by atoms with Gasteiger partial charge in [0.2, 0.25) is 5.91 Å². The fourth-order valence-electron chi connectivity index (χ4n) is 2.77. The number of para-hydroxylation sites is 2. The molecule has 0 saturated carbocycles. The van der Waals surface area contributed by atoms with Crippen LogP contribution in [-0.4, -0.2) is 22.8 Å². The molecule has 0 bridgehead atoms. The number of rotatable bonds is 9. The molecule has 7 heteroatoms. The number of benzene rings is 2. The van der Waals surface area contributed by atoms with Crippen molar-refractivity contribution in [2.24, 2.45) is 0 Å². The van der Waals surface area contributed by atoms with Gasteiger partial charge < -0.3 is 9.73 Å². The number of amides is 1. The van der Waals surface area contributed by atoms with Crippen molar-refractivity contribution in [3.63, 3.8) is 0 Å². The van der Waals surface area contributed by atoms with Crippen LogP contribution >= 0.6 is 11.8 Å². The molecule has 142 valence electrons. The summed E-state index contributed by atoms with van der Waals surface area (Å²) in [5.74, 6) is 0.643. The standard InChI is InChI=1S/C20H21FN2O3S/c21-16-7-2-1-6-15(16)14-27-13-11-22-19(24)10-5-12-23-17-8-3-4-9-18(17)26-20(23)25/h1-4,6-9H,5,10-14H2,(H,22,24). The summed E-state index contributed by atoms with van der Waals surface area (Å²) in [6.07, 6.45) is 0.890. The average Bonchev–Trinajstić information content (AvgIpc) is 2.98. The smallest absolute Gasteiger partial charge is 0.408 e. The van der Waals surface area contributed by atoms with Crippen LogP contribution in [0.25, 0.3) is 11.1 Å². The first-order valence-electron chi connectivity index (χ1n) is 8.81. The highest BCUT2D eigenvalue weighted by molar-refractivity contribution is 7.98. The zero-order valence-electron chi connectivity index (χ0n) is 14.8. The number of hydrogen-bond donors (Lipinski definition) is 1. The Labute approximate surface area is 160 Å². The largest absolute Gasteiger partial charge is 0.419 e.